The Hall–Kier alpha value is -0.650. The van der Waals surface area contributed by atoms with Gasteiger partial charge in [-0.05, 0) is 0 Å². The monoisotopic (exact) mass is 292 g/mol. The average Bonchev–Trinajstić information content (AvgIpc) is 1.99. The molecule has 0 rings (SSSR count). The smallest absolute Gasteiger partial charge is 0.170 e. The first-order chi connectivity index (χ1) is 6.88. The molecule has 0 fully saturated rings. The van der Waals surface area contributed by atoms with Crippen molar-refractivity contribution in [3.63, 3.8) is 0 Å². The number of thiocarbonyl (C=S) groups is 1. The molecule has 0 unspecified atom stereocenters. The lowest BCUT2D eigenvalue weighted by Crippen LogP contribution is -2.33. The summed E-state index contributed by atoms with van der Waals surface area (Å²) in [6.07, 6.45) is -11.1. The van der Waals surface area contributed by atoms with Gasteiger partial charge in [0.25, 0.3) is 0 Å². The lowest BCUT2D eigenvalue weighted by atomic mass is 10.6. The summed E-state index contributed by atoms with van der Waals surface area (Å²) in [6.45, 7) is 0. The third-order valence-electron chi connectivity index (χ3n) is 0.863. The number of hydrogen-bond acceptors (Lipinski definition) is 2. The van der Waals surface area contributed by atoms with E-state index < -0.39 is 34.7 Å². The van der Waals surface area contributed by atoms with Gasteiger partial charge in [0.15, 0.2) is 0 Å². The van der Waals surface area contributed by atoms with Crippen LogP contribution in [0.4, 0.5) is 35.1 Å². The van der Waals surface area contributed by atoms with Crippen LogP contribution in [-0.4, -0.2) is 23.4 Å². The van der Waals surface area contributed by atoms with E-state index in [-0.39, 0.29) is 0 Å². The Labute approximate surface area is 91.5 Å². The fourth-order valence-corrected chi connectivity index (χ4v) is 0.737. The van der Waals surface area contributed by atoms with Crippen LogP contribution in [0.1, 0.15) is 0 Å². The van der Waals surface area contributed by atoms with Crippen molar-refractivity contribution < 1.29 is 35.1 Å². The summed E-state index contributed by atoms with van der Waals surface area (Å²) < 4.78 is 96.8. The second-order valence-electron chi connectivity index (χ2n) is 2.11. The highest BCUT2D eigenvalue weighted by Gasteiger charge is 2.58. The summed E-state index contributed by atoms with van der Waals surface area (Å²) in [6, 6.07) is -5.48. The van der Waals surface area contributed by atoms with E-state index in [1.165, 1.54) is 0 Å². The van der Waals surface area contributed by atoms with E-state index >= 15 is 0 Å². The highest BCUT2D eigenvalue weighted by molar-refractivity contribution is 7.81. The first-order valence-corrected chi connectivity index (χ1v) is 4.17. The first kappa shape index (κ1) is 15.3. The molecule has 0 aromatic rings. The van der Waals surface area contributed by atoms with Crippen LogP contribution in [0, 0.1) is 0 Å². The molecule has 0 heterocycles. The molecular weight excluding hydrogens is 292 g/mol. The highest BCUT2D eigenvalue weighted by atomic mass is 32.1. The number of rotatable bonds is 1. The molecule has 0 radical (unpaired) electrons. The quantitative estimate of drug-likeness (QED) is 0.412. The number of alkyl halides is 8. The minimum Gasteiger partial charge on any atom is -0.170 e. The molecule has 0 aliphatic rings. The van der Waals surface area contributed by atoms with Gasteiger partial charge in [0.05, 0.1) is 11.4 Å². The summed E-state index contributed by atoms with van der Waals surface area (Å²) in [5.41, 5.74) is 0. The molecule has 0 aliphatic heterocycles. The molecule has 0 spiro atoms. The van der Waals surface area contributed by atoms with Gasteiger partial charge in [-0.15, -0.1) is 4.36 Å². The molecule has 0 aliphatic carbocycles. The van der Waals surface area contributed by atoms with E-state index in [0.29, 0.717) is 0 Å². The summed E-state index contributed by atoms with van der Waals surface area (Å²) in [4.78, 5) is -1.99. The van der Waals surface area contributed by atoms with Crippen molar-refractivity contribution in [1.82, 2.24) is 0 Å². The molecule has 0 bridgehead atoms. The van der Waals surface area contributed by atoms with Gasteiger partial charge in [-0.3, -0.25) is 0 Å². The molecule has 0 aromatic carbocycles. The molecule has 0 N–H and O–H groups in total. The summed E-state index contributed by atoms with van der Waals surface area (Å²) in [7, 11) is 0. The van der Waals surface area contributed by atoms with Gasteiger partial charge in [0, 0.05) is 0 Å². The topological polar surface area (TPSA) is 24.7 Å². The Balaban J connectivity index is 4.88. The van der Waals surface area contributed by atoms with Gasteiger partial charge in [-0.2, -0.15) is 39.5 Å². The van der Waals surface area contributed by atoms with Crippen molar-refractivity contribution in [2.24, 2.45) is 8.73 Å². The zero-order valence-corrected chi connectivity index (χ0v) is 8.37. The summed E-state index contributed by atoms with van der Waals surface area (Å²) in [5.74, 6) is 0. The number of nitrogens with zero attached hydrogens (tertiary/aromatic N) is 2. The maximum atomic E-state index is 12.0. The van der Waals surface area contributed by atoms with Crippen molar-refractivity contribution in [3.8, 4) is 0 Å². The van der Waals surface area contributed by atoms with Gasteiger partial charge in [-0.25, -0.2) is 0 Å². The molecular formula is C4F8N2S2. The van der Waals surface area contributed by atoms with Crippen LogP contribution >= 0.6 is 12.2 Å². The van der Waals surface area contributed by atoms with Gasteiger partial charge >= 0.3 is 18.4 Å². The maximum absolute atomic E-state index is 12.0. The molecule has 16 heavy (non-hydrogen) atoms. The zero-order chi connectivity index (χ0) is 13.2. The van der Waals surface area contributed by atoms with Crippen molar-refractivity contribution in [2.75, 3.05) is 0 Å². The van der Waals surface area contributed by atoms with Gasteiger partial charge < -0.3 is 0 Å². The fourth-order valence-electron chi connectivity index (χ4n) is 0.212. The van der Waals surface area contributed by atoms with Crippen molar-refractivity contribution in [3.05, 3.63) is 0 Å². The SMILES string of the molecule is FC(F)(F)C(=S)N=S=NC(F)(F)C(F)(F)F. The normalized spacial score (nSPS) is 13.2. The van der Waals surface area contributed by atoms with Crippen LogP contribution in [0.5, 0.6) is 0 Å². The van der Waals surface area contributed by atoms with E-state index in [2.05, 4.69) is 16.6 Å². The minimum absolute atomic E-state index is 0.959. The second-order valence-corrected chi connectivity index (χ2v) is 3.02. The molecule has 2 nitrogen and oxygen atoms in total. The second kappa shape index (κ2) is 4.69. The van der Waals surface area contributed by atoms with E-state index in [1.54, 1.807) is 4.36 Å². The van der Waals surface area contributed by atoms with E-state index in [0.717, 1.165) is 0 Å². The third kappa shape index (κ3) is 4.47. The lowest BCUT2D eigenvalue weighted by Gasteiger charge is -2.11. The Bertz CT molecular complexity index is 335. The molecule has 0 amide bonds. The Kier molecular flexibility index (Phi) is 4.50. The largest absolute Gasteiger partial charge is 0.478 e. The summed E-state index contributed by atoms with van der Waals surface area (Å²) >= 11 is 2.62. The molecule has 94 valence electrons. The molecule has 12 heteroatoms. The van der Waals surface area contributed by atoms with Crippen LogP contribution in [0.3, 0.4) is 0 Å². The van der Waals surface area contributed by atoms with Gasteiger partial charge in [0.2, 0.25) is 4.99 Å². The number of hydrogen-bond donors (Lipinski definition) is 0. The average molecular weight is 292 g/mol. The Morgan fingerprint density at radius 2 is 1.38 bits per heavy atom. The highest BCUT2D eigenvalue weighted by Crippen LogP contribution is 2.36. The lowest BCUT2D eigenvalue weighted by molar-refractivity contribution is -0.276. The van der Waals surface area contributed by atoms with Crippen LogP contribution in [0.2, 0.25) is 0 Å². The number of halogens is 8. The van der Waals surface area contributed by atoms with Crippen molar-refractivity contribution in [1.29, 1.82) is 0 Å². The van der Waals surface area contributed by atoms with E-state index in [4.69, 9.17) is 0 Å². The zero-order valence-electron chi connectivity index (χ0n) is 6.73. The van der Waals surface area contributed by atoms with Gasteiger partial charge in [-0.1, -0.05) is 12.2 Å². The summed E-state index contributed by atoms with van der Waals surface area (Å²) in [5, 5.41) is 0. The Morgan fingerprint density at radius 3 is 1.69 bits per heavy atom. The van der Waals surface area contributed by atoms with Crippen LogP contribution < -0.4 is 0 Å². The van der Waals surface area contributed by atoms with Crippen molar-refractivity contribution in [2.45, 2.75) is 18.4 Å². The predicted molar refractivity (Wildman–Crippen MR) is 41.9 cm³/mol. The first-order valence-electron chi connectivity index (χ1n) is 3.03. The van der Waals surface area contributed by atoms with Crippen LogP contribution in [-0.2, 0) is 11.4 Å². The molecule has 0 saturated carbocycles. The van der Waals surface area contributed by atoms with Crippen LogP contribution in [0.25, 0.3) is 0 Å². The van der Waals surface area contributed by atoms with E-state index in [1.807, 2.05) is 0 Å². The van der Waals surface area contributed by atoms with Gasteiger partial charge in [0.1, 0.15) is 0 Å². The minimum atomic E-state index is -5.99. The molecule has 0 atom stereocenters. The molecule has 0 aromatic heterocycles. The fraction of sp³-hybridized carbons (Fsp3) is 0.750. The Morgan fingerprint density at radius 1 is 0.938 bits per heavy atom. The van der Waals surface area contributed by atoms with E-state index in [9.17, 15) is 35.1 Å². The van der Waals surface area contributed by atoms with Crippen molar-refractivity contribution >= 4 is 28.6 Å². The maximum Gasteiger partial charge on any atom is 0.478 e. The van der Waals surface area contributed by atoms with Crippen LogP contribution in [0.15, 0.2) is 8.73 Å². The standard InChI is InChI=1S/C4F8N2S2/c5-2(6,7)1(15)13-16-14-4(11,12)3(8,9)10. The third-order valence-corrected chi connectivity index (χ3v) is 1.88. The molecule has 0 saturated heterocycles. The predicted octanol–water partition coefficient (Wildman–Crippen LogP) is 3.48.